The Morgan fingerprint density at radius 2 is 1.51 bits per heavy atom. The molecule has 0 atom stereocenters. The molecule has 0 fully saturated rings. The highest BCUT2D eigenvalue weighted by Crippen LogP contribution is 2.33. The van der Waals surface area contributed by atoms with Crippen LogP contribution < -0.4 is 10.1 Å². The summed E-state index contributed by atoms with van der Waals surface area (Å²) in [7, 11) is 3.75. The van der Waals surface area contributed by atoms with E-state index in [1.807, 2.05) is 7.05 Å². The standard InChI is InChI=1S/C32H48N2O/c1-7-8-9-10-11-12-13-14-15-16-30-28-24-31(35-6)29(33-5)23-25(28)21-22-34(30)27-19-17-26(18-20-27)32(2,3)4/h17-20,23-24H,7-16,21-22H2,1-6H3/p+1. The highest BCUT2D eigenvalue weighted by atomic mass is 16.5. The Labute approximate surface area is 215 Å². The van der Waals surface area contributed by atoms with Crippen molar-refractivity contribution >= 4 is 17.1 Å². The molecule has 2 aromatic carbocycles. The molecule has 0 amide bonds. The molecule has 0 aromatic heterocycles. The highest BCUT2D eigenvalue weighted by Gasteiger charge is 2.29. The summed E-state index contributed by atoms with van der Waals surface area (Å²) in [6.07, 6.45) is 14.4. The third-order valence-corrected chi connectivity index (χ3v) is 7.50. The first-order valence-corrected chi connectivity index (χ1v) is 14.0. The summed E-state index contributed by atoms with van der Waals surface area (Å²) >= 11 is 0. The predicted octanol–water partition coefficient (Wildman–Crippen LogP) is 8.64. The van der Waals surface area contributed by atoms with Crippen LogP contribution in [0.2, 0.25) is 0 Å². The first kappa shape index (κ1) is 27.3. The number of ether oxygens (including phenoxy) is 1. The topological polar surface area (TPSA) is 24.3 Å². The van der Waals surface area contributed by atoms with Crippen molar-refractivity contribution in [2.75, 3.05) is 26.0 Å². The van der Waals surface area contributed by atoms with E-state index in [1.54, 1.807) is 7.11 Å². The van der Waals surface area contributed by atoms with E-state index in [2.05, 4.69) is 74.0 Å². The molecule has 0 aliphatic carbocycles. The van der Waals surface area contributed by atoms with Gasteiger partial charge in [-0.25, -0.2) is 0 Å². The highest BCUT2D eigenvalue weighted by molar-refractivity contribution is 6.00. The molecule has 1 heterocycles. The van der Waals surface area contributed by atoms with Crippen molar-refractivity contribution in [3.63, 3.8) is 0 Å². The molecule has 1 N–H and O–H groups in total. The van der Waals surface area contributed by atoms with E-state index in [1.165, 1.54) is 85.9 Å². The maximum atomic E-state index is 5.75. The summed E-state index contributed by atoms with van der Waals surface area (Å²) in [5, 5.41) is 3.31. The zero-order valence-electron chi connectivity index (χ0n) is 23.3. The monoisotopic (exact) mass is 477 g/mol. The second-order valence-electron chi connectivity index (χ2n) is 11.2. The van der Waals surface area contributed by atoms with E-state index in [0.717, 1.165) is 30.8 Å². The van der Waals surface area contributed by atoms with E-state index in [4.69, 9.17) is 4.74 Å². The lowest BCUT2D eigenvalue weighted by atomic mass is 9.87. The fraction of sp³-hybridized carbons (Fsp3) is 0.594. The average molecular weight is 478 g/mol. The minimum atomic E-state index is 0.174. The molecule has 1 aliphatic rings. The van der Waals surface area contributed by atoms with Gasteiger partial charge in [0.25, 0.3) is 0 Å². The summed E-state index contributed by atoms with van der Waals surface area (Å²) < 4.78 is 8.32. The number of fused-ring (bicyclic) bond motifs is 1. The fourth-order valence-electron chi connectivity index (χ4n) is 5.28. The average Bonchev–Trinajstić information content (AvgIpc) is 2.86. The zero-order valence-corrected chi connectivity index (χ0v) is 23.3. The Hall–Kier alpha value is -2.29. The van der Waals surface area contributed by atoms with Gasteiger partial charge in [0.15, 0.2) is 12.3 Å². The Balaban J connectivity index is 1.81. The van der Waals surface area contributed by atoms with Crippen LogP contribution in [0.5, 0.6) is 5.75 Å². The van der Waals surface area contributed by atoms with Gasteiger partial charge in [-0.3, -0.25) is 0 Å². The van der Waals surface area contributed by atoms with E-state index in [9.17, 15) is 0 Å². The van der Waals surface area contributed by atoms with Crippen LogP contribution in [-0.2, 0) is 11.8 Å². The van der Waals surface area contributed by atoms with Gasteiger partial charge in [0.2, 0.25) is 5.69 Å². The molecule has 3 nitrogen and oxygen atoms in total. The number of nitrogens with one attached hydrogen (secondary N) is 1. The molecular weight excluding hydrogens is 428 g/mol. The molecule has 0 saturated heterocycles. The van der Waals surface area contributed by atoms with Crippen LogP contribution in [0, 0.1) is 0 Å². The largest absolute Gasteiger partial charge is 0.495 e. The summed E-state index contributed by atoms with van der Waals surface area (Å²) in [4.78, 5) is 0. The van der Waals surface area contributed by atoms with Crippen LogP contribution in [0.1, 0.15) is 109 Å². The normalized spacial score (nSPS) is 13.7. The van der Waals surface area contributed by atoms with Gasteiger partial charge in [-0.2, -0.15) is 4.58 Å². The van der Waals surface area contributed by atoms with Crippen LogP contribution in [-0.4, -0.2) is 31.0 Å². The van der Waals surface area contributed by atoms with E-state index >= 15 is 0 Å². The zero-order chi connectivity index (χ0) is 25.3. The Morgan fingerprint density at radius 3 is 2.09 bits per heavy atom. The molecule has 2 aromatic rings. The quantitative estimate of drug-likeness (QED) is 0.230. The number of methoxy groups -OCH3 is 1. The molecule has 1 aliphatic heterocycles. The van der Waals surface area contributed by atoms with Gasteiger partial charge in [-0.05, 0) is 35.1 Å². The first-order chi connectivity index (χ1) is 16.9. The van der Waals surface area contributed by atoms with Gasteiger partial charge in [-0.1, -0.05) is 91.2 Å². The third kappa shape index (κ3) is 7.35. The summed E-state index contributed by atoms with van der Waals surface area (Å²) in [6, 6.07) is 13.8. The van der Waals surface area contributed by atoms with Crippen LogP contribution in [0.15, 0.2) is 36.4 Å². The lowest BCUT2D eigenvalue weighted by Gasteiger charge is -2.22. The lowest BCUT2D eigenvalue weighted by molar-refractivity contribution is -0.442. The molecule has 3 heteroatoms. The van der Waals surface area contributed by atoms with Crippen LogP contribution in [0.25, 0.3) is 0 Å². The Kier molecular flexibility index (Phi) is 10.2. The van der Waals surface area contributed by atoms with E-state index in [-0.39, 0.29) is 5.41 Å². The number of rotatable bonds is 13. The van der Waals surface area contributed by atoms with Gasteiger partial charge in [0, 0.05) is 37.6 Å². The second kappa shape index (κ2) is 13.1. The van der Waals surface area contributed by atoms with Crippen LogP contribution in [0.3, 0.4) is 0 Å². The van der Waals surface area contributed by atoms with Gasteiger partial charge in [0.05, 0.1) is 12.8 Å². The second-order valence-corrected chi connectivity index (χ2v) is 11.2. The Morgan fingerprint density at radius 1 is 0.886 bits per heavy atom. The van der Waals surface area contributed by atoms with E-state index < -0.39 is 0 Å². The SMILES string of the molecule is CCCCCCCCCCCC1=[N+](c2ccc(C(C)(C)C)cc2)CCc2cc(NC)c(OC)cc21. The van der Waals surface area contributed by atoms with Crippen molar-refractivity contribution in [2.45, 2.75) is 104 Å². The minimum absolute atomic E-state index is 0.174. The van der Waals surface area contributed by atoms with Crippen molar-refractivity contribution in [1.29, 1.82) is 0 Å². The number of hydrogen-bond donors (Lipinski definition) is 1. The minimum Gasteiger partial charge on any atom is -0.495 e. The van der Waals surface area contributed by atoms with Crippen LogP contribution in [0.4, 0.5) is 11.4 Å². The molecule has 0 unspecified atom stereocenters. The van der Waals surface area contributed by atoms with Crippen molar-refractivity contribution in [1.82, 2.24) is 0 Å². The lowest BCUT2D eigenvalue weighted by Crippen LogP contribution is -2.27. The number of nitrogens with zero attached hydrogens (tertiary/aromatic N) is 1. The first-order valence-electron chi connectivity index (χ1n) is 14.0. The predicted molar refractivity (Wildman–Crippen MR) is 152 cm³/mol. The fourth-order valence-corrected chi connectivity index (χ4v) is 5.28. The number of unbranched alkanes of at least 4 members (excludes halogenated alkanes) is 8. The molecule has 3 rings (SSSR count). The molecule has 35 heavy (non-hydrogen) atoms. The van der Waals surface area contributed by atoms with Crippen LogP contribution >= 0.6 is 0 Å². The van der Waals surface area contributed by atoms with Gasteiger partial charge in [0.1, 0.15) is 5.75 Å². The Bertz CT molecular complexity index is 966. The summed E-state index contributed by atoms with van der Waals surface area (Å²) in [5.41, 5.74) is 8.21. The van der Waals surface area contributed by atoms with Gasteiger partial charge < -0.3 is 10.1 Å². The van der Waals surface area contributed by atoms with Crippen molar-refractivity contribution < 1.29 is 9.31 Å². The van der Waals surface area contributed by atoms with Gasteiger partial charge in [-0.15, -0.1) is 0 Å². The molecular formula is C32H49N2O+. The molecule has 0 saturated carbocycles. The maximum absolute atomic E-state index is 5.75. The molecule has 0 radical (unpaired) electrons. The number of benzene rings is 2. The number of anilines is 1. The third-order valence-electron chi connectivity index (χ3n) is 7.50. The van der Waals surface area contributed by atoms with Crippen molar-refractivity contribution in [3.05, 3.63) is 53.1 Å². The van der Waals surface area contributed by atoms with Crippen molar-refractivity contribution in [3.8, 4) is 5.75 Å². The van der Waals surface area contributed by atoms with E-state index in [0.29, 0.717) is 0 Å². The molecule has 0 bridgehead atoms. The summed E-state index contributed by atoms with van der Waals surface area (Å²) in [5.74, 6) is 0.931. The number of hydrogen-bond acceptors (Lipinski definition) is 2. The molecule has 0 spiro atoms. The van der Waals surface area contributed by atoms with Crippen molar-refractivity contribution in [2.24, 2.45) is 0 Å². The smallest absolute Gasteiger partial charge is 0.205 e. The summed E-state index contributed by atoms with van der Waals surface area (Å²) in [6.45, 7) is 10.2. The van der Waals surface area contributed by atoms with Gasteiger partial charge >= 0.3 is 0 Å². The maximum Gasteiger partial charge on any atom is 0.205 e. The molecule has 192 valence electrons.